The molecule has 0 aliphatic rings. The minimum absolute atomic E-state index is 0.490. The number of nitrogens with one attached hydrogen (secondary N) is 2. The van der Waals surface area contributed by atoms with Crippen LogP contribution < -0.4 is 15.4 Å². The summed E-state index contributed by atoms with van der Waals surface area (Å²) in [5.41, 5.74) is 0.567. The first-order chi connectivity index (χ1) is 9.52. The Hall–Kier alpha value is -2.04. The third-order valence-corrected chi connectivity index (χ3v) is 2.64. The Morgan fingerprint density at radius 2 is 1.80 bits per heavy atom. The highest BCUT2D eigenvalue weighted by Gasteiger charge is 2.13. The van der Waals surface area contributed by atoms with Crippen LogP contribution >= 0.6 is 0 Å². The van der Waals surface area contributed by atoms with Crippen LogP contribution in [0.1, 0.15) is 27.2 Å². The fourth-order valence-electron chi connectivity index (χ4n) is 1.54. The Labute approximate surface area is 119 Å². The lowest BCUT2D eigenvalue weighted by molar-refractivity contribution is -0.136. The second-order valence-corrected chi connectivity index (χ2v) is 4.85. The fourth-order valence-corrected chi connectivity index (χ4v) is 1.54. The van der Waals surface area contributed by atoms with E-state index in [0.717, 1.165) is 12.2 Å². The number of hydrogen-bond acceptors (Lipinski definition) is 3. The van der Waals surface area contributed by atoms with E-state index in [2.05, 4.69) is 24.5 Å². The van der Waals surface area contributed by atoms with E-state index in [1.807, 2.05) is 6.92 Å². The Morgan fingerprint density at radius 1 is 1.15 bits per heavy atom. The lowest BCUT2D eigenvalue weighted by Crippen LogP contribution is -2.36. The number of hydrogen-bond donors (Lipinski definition) is 2. The first kappa shape index (κ1) is 16.0. The van der Waals surface area contributed by atoms with Gasteiger partial charge in [-0.2, -0.15) is 0 Å². The number of benzene rings is 1. The van der Waals surface area contributed by atoms with E-state index in [0.29, 0.717) is 24.8 Å². The average Bonchev–Trinajstić information content (AvgIpc) is 2.40. The molecule has 5 heteroatoms. The molecule has 0 saturated carbocycles. The van der Waals surface area contributed by atoms with Gasteiger partial charge in [-0.05, 0) is 43.5 Å². The molecule has 0 fully saturated rings. The zero-order valence-corrected chi connectivity index (χ0v) is 12.2. The van der Waals surface area contributed by atoms with Crippen LogP contribution in [0.15, 0.2) is 24.3 Å². The normalized spacial score (nSPS) is 10.2. The first-order valence-corrected chi connectivity index (χ1v) is 6.85. The summed E-state index contributed by atoms with van der Waals surface area (Å²) in [5, 5.41) is 5.13. The SMILES string of the molecule is CCOc1ccc(NC(=O)C(=O)NCCC(C)C)cc1. The summed E-state index contributed by atoms with van der Waals surface area (Å²) in [5.74, 6) is -0.0474. The molecule has 2 amide bonds. The summed E-state index contributed by atoms with van der Waals surface area (Å²) < 4.78 is 5.30. The summed E-state index contributed by atoms with van der Waals surface area (Å²) in [6.45, 7) is 7.12. The second-order valence-electron chi connectivity index (χ2n) is 4.85. The van der Waals surface area contributed by atoms with Crippen molar-refractivity contribution in [2.75, 3.05) is 18.5 Å². The van der Waals surface area contributed by atoms with Crippen LogP contribution in [-0.2, 0) is 9.59 Å². The van der Waals surface area contributed by atoms with Gasteiger partial charge in [-0.3, -0.25) is 9.59 Å². The number of amides is 2. The summed E-state index contributed by atoms with van der Waals surface area (Å²) >= 11 is 0. The molecule has 1 aromatic carbocycles. The Kier molecular flexibility index (Phi) is 6.56. The molecule has 0 atom stereocenters. The van der Waals surface area contributed by atoms with Gasteiger partial charge in [0.05, 0.1) is 6.61 Å². The highest BCUT2D eigenvalue weighted by molar-refractivity contribution is 6.39. The van der Waals surface area contributed by atoms with Crippen LogP contribution in [0.3, 0.4) is 0 Å². The highest BCUT2D eigenvalue weighted by atomic mass is 16.5. The number of anilines is 1. The third-order valence-electron chi connectivity index (χ3n) is 2.64. The number of carbonyl (C=O) groups excluding carboxylic acids is 2. The fraction of sp³-hybridized carbons (Fsp3) is 0.467. The molecule has 2 N–H and O–H groups in total. The number of rotatable bonds is 6. The van der Waals surface area contributed by atoms with Gasteiger partial charge in [0, 0.05) is 12.2 Å². The van der Waals surface area contributed by atoms with E-state index in [9.17, 15) is 9.59 Å². The zero-order valence-electron chi connectivity index (χ0n) is 12.2. The second kappa shape index (κ2) is 8.19. The number of ether oxygens (including phenoxy) is 1. The molecule has 20 heavy (non-hydrogen) atoms. The molecule has 0 spiro atoms. The molecule has 110 valence electrons. The molecule has 1 rings (SSSR count). The maximum absolute atomic E-state index is 11.6. The van der Waals surface area contributed by atoms with Crippen molar-refractivity contribution in [1.29, 1.82) is 0 Å². The third kappa shape index (κ3) is 5.73. The minimum atomic E-state index is -0.655. The zero-order chi connectivity index (χ0) is 15.0. The van der Waals surface area contributed by atoms with Gasteiger partial charge in [0.15, 0.2) is 0 Å². The van der Waals surface area contributed by atoms with Crippen molar-refractivity contribution < 1.29 is 14.3 Å². The largest absolute Gasteiger partial charge is 0.494 e. The molecule has 0 aliphatic heterocycles. The summed E-state index contributed by atoms with van der Waals surface area (Å²) in [6.07, 6.45) is 0.849. The number of carbonyl (C=O) groups is 2. The summed E-state index contributed by atoms with van der Waals surface area (Å²) in [4.78, 5) is 23.2. The molecular formula is C15H22N2O3. The van der Waals surface area contributed by atoms with Gasteiger partial charge in [-0.1, -0.05) is 13.8 Å². The summed E-state index contributed by atoms with van der Waals surface area (Å²) in [6, 6.07) is 6.89. The minimum Gasteiger partial charge on any atom is -0.494 e. The van der Waals surface area contributed by atoms with Gasteiger partial charge < -0.3 is 15.4 Å². The van der Waals surface area contributed by atoms with Crippen LogP contribution in [0.2, 0.25) is 0 Å². The molecule has 0 heterocycles. The van der Waals surface area contributed by atoms with Crippen LogP contribution in [0.4, 0.5) is 5.69 Å². The molecule has 0 bridgehead atoms. The van der Waals surface area contributed by atoms with Crippen molar-refractivity contribution in [2.24, 2.45) is 5.92 Å². The topological polar surface area (TPSA) is 67.4 Å². The standard InChI is InChI=1S/C15H22N2O3/c1-4-20-13-7-5-12(6-8-13)17-15(19)14(18)16-10-9-11(2)3/h5-8,11H,4,9-10H2,1-3H3,(H,16,18)(H,17,19). The van der Waals surface area contributed by atoms with Gasteiger partial charge in [0.1, 0.15) is 5.75 Å². The van der Waals surface area contributed by atoms with Gasteiger partial charge in [0.2, 0.25) is 0 Å². The molecule has 0 aromatic heterocycles. The molecular weight excluding hydrogens is 256 g/mol. The Morgan fingerprint density at radius 3 is 2.35 bits per heavy atom. The predicted molar refractivity (Wildman–Crippen MR) is 78.7 cm³/mol. The van der Waals surface area contributed by atoms with Crippen molar-refractivity contribution in [3.8, 4) is 5.75 Å². The van der Waals surface area contributed by atoms with Crippen molar-refractivity contribution in [2.45, 2.75) is 27.2 Å². The van der Waals surface area contributed by atoms with Crippen LogP contribution in [0, 0.1) is 5.92 Å². The van der Waals surface area contributed by atoms with Gasteiger partial charge in [0.25, 0.3) is 0 Å². The van der Waals surface area contributed by atoms with E-state index in [4.69, 9.17) is 4.74 Å². The molecule has 0 aliphatic carbocycles. The van der Waals surface area contributed by atoms with Crippen LogP contribution in [-0.4, -0.2) is 25.0 Å². The lowest BCUT2D eigenvalue weighted by Gasteiger charge is -2.08. The van der Waals surface area contributed by atoms with Gasteiger partial charge >= 0.3 is 11.8 Å². The smallest absolute Gasteiger partial charge is 0.313 e. The van der Waals surface area contributed by atoms with Crippen molar-refractivity contribution in [3.05, 3.63) is 24.3 Å². The molecule has 1 aromatic rings. The molecule has 5 nitrogen and oxygen atoms in total. The quantitative estimate of drug-likeness (QED) is 0.784. The van der Waals surface area contributed by atoms with E-state index in [1.165, 1.54) is 0 Å². The predicted octanol–water partition coefficient (Wildman–Crippen LogP) is 2.19. The van der Waals surface area contributed by atoms with E-state index in [-0.39, 0.29) is 0 Å². The maximum Gasteiger partial charge on any atom is 0.313 e. The lowest BCUT2D eigenvalue weighted by atomic mass is 10.1. The Bertz CT molecular complexity index is 441. The molecule has 0 saturated heterocycles. The average molecular weight is 278 g/mol. The molecule has 0 unspecified atom stereocenters. The highest BCUT2D eigenvalue weighted by Crippen LogP contribution is 2.15. The van der Waals surface area contributed by atoms with Gasteiger partial charge in [-0.15, -0.1) is 0 Å². The molecule has 0 radical (unpaired) electrons. The monoisotopic (exact) mass is 278 g/mol. The maximum atomic E-state index is 11.6. The van der Waals surface area contributed by atoms with E-state index >= 15 is 0 Å². The van der Waals surface area contributed by atoms with Crippen molar-refractivity contribution in [3.63, 3.8) is 0 Å². The van der Waals surface area contributed by atoms with Crippen molar-refractivity contribution >= 4 is 17.5 Å². The van der Waals surface area contributed by atoms with Crippen LogP contribution in [0.5, 0.6) is 5.75 Å². The van der Waals surface area contributed by atoms with E-state index in [1.54, 1.807) is 24.3 Å². The Balaban J connectivity index is 2.42. The van der Waals surface area contributed by atoms with Crippen LogP contribution in [0.25, 0.3) is 0 Å². The van der Waals surface area contributed by atoms with Crippen molar-refractivity contribution in [1.82, 2.24) is 5.32 Å². The van der Waals surface area contributed by atoms with E-state index < -0.39 is 11.8 Å². The van der Waals surface area contributed by atoms with Gasteiger partial charge in [-0.25, -0.2) is 0 Å². The first-order valence-electron chi connectivity index (χ1n) is 6.85. The summed E-state index contributed by atoms with van der Waals surface area (Å²) in [7, 11) is 0.